The second kappa shape index (κ2) is 23.6. The largest absolute Gasteiger partial charge is 0.368 e. The van der Waals surface area contributed by atoms with Gasteiger partial charge in [0.2, 0.25) is 35.4 Å². The van der Waals surface area contributed by atoms with Gasteiger partial charge in [-0.05, 0) is 61.6 Å². The lowest BCUT2D eigenvalue weighted by atomic mass is 9.97. The van der Waals surface area contributed by atoms with Crippen LogP contribution in [0, 0.1) is 11.8 Å². The number of primary amides is 1. The molecule has 0 aromatic heterocycles. The first-order valence-electron chi connectivity index (χ1n) is 17.0. The summed E-state index contributed by atoms with van der Waals surface area (Å²) in [5.74, 6) is -3.19. The summed E-state index contributed by atoms with van der Waals surface area (Å²) < 4.78 is 0. The van der Waals surface area contributed by atoms with E-state index in [0.717, 1.165) is 12.0 Å². The summed E-state index contributed by atoms with van der Waals surface area (Å²) in [6.45, 7) is 7.44. The van der Waals surface area contributed by atoms with Crippen molar-refractivity contribution >= 4 is 47.2 Å². The van der Waals surface area contributed by atoms with Crippen molar-refractivity contribution in [2.75, 3.05) is 25.1 Å². The van der Waals surface area contributed by atoms with Gasteiger partial charge in [-0.25, -0.2) is 0 Å². The standard InChI is InChI=1S/C34H58N8O6S/c1-6-22(4)29(42-33(47)27(19-23-12-8-7-9-13-23)41-31(45)24(36)14-10-11-16-35)34(48)38-20-28(43)39-26(18-21(2)3)32(46)40-25(30(37)44)15-17-49-5/h7-9,12-13,21-22,24-27,29H,6,10-11,14-20,35-36H2,1-5H3,(H2,37,44)(H,38,48)(H,39,43)(H,40,46)(H,41,45)(H,42,47)/t22-,24?,25?,26?,27?,29?/m0/s1. The molecule has 0 bridgehead atoms. The summed E-state index contributed by atoms with van der Waals surface area (Å²) in [4.78, 5) is 77.9. The Balaban J connectivity index is 3.02. The van der Waals surface area contributed by atoms with E-state index >= 15 is 0 Å². The van der Waals surface area contributed by atoms with Gasteiger partial charge in [-0.1, -0.05) is 70.9 Å². The predicted molar refractivity (Wildman–Crippen MR) is 193 cm³/mol. The number of benzene rings is 1. The minimum atomic E-state index is -1.03. The molecule has 0 aliphatic rings. The number of thioether (sulfide) groups is 1. The van der Waals surface area contributed by atoms with E-state index in [1.54, 1.807) is 6.92 Å². The number of nitrogens with two attached hydrogens (primary N) is 3. The zero-order valence-electron chi connectivity index (χ0n) is 29.6. The van der Waals surface area contributed by atoms with Crippen molar-refractivity contribution in [3.63, 3.8) is 0 Å². The lowest BCUT2D eigenvalue weighted by Crippen LogP contribution is -2.58. The molecule has 0 aliphatic heterocycles. The van der Waals surface area contributed by atoms with Crippen LogP contribution in [-0.2, 0) is 35.2 Å². The van der Waals surface area contributed by atoms with E-state index in [-0.39, 0.29) is 24.7 Å². The summed E-state index contributed by atoms with van der Waals surface area (Å²) in [6, 6.07) is 4.42. The van der Waals surface area contributed by atoms with E-state index in [4.69, 9.17) is 17.2 Å². The summed E-state index contributed by atoms with van der Waals surface area (Å²) in [5, 5.41) is 13.4. The van der Waals surface area contributed by atoms with Crippen molar-refractivity contribution in [3.8, 4) is 0 Å². The van der Waals surface area contributed by atoms with E-state index < -0.39 is 72.2 Å². The van der Waals surface area contributed by atoms with Gasteiger partial charge in [-0.2, -0.15) is 11.8 Å². The van der Waals surface area contributed by atoms with E-state index in [9.17, 15) is 28.8 Å². The van der Waals surface area contributed by atoms with Gasteiger partial charge in [0, 0.05) is 6.42 Å². The van der Waals surface area contributed by atoms with Gasteiger partial charge in [0.25, 0.3) is 0 Å². The fourth-order valence-corrected chi connectivity index (χ4v) is 5.42. The minimum Gasteiger partial charge on any atom is -0.368 e. The lowest BCUT2D eigenvalue weighted by molar-refractivity contribution is -0.134. The van der Waals surface area contributed by atoms with Crippen molar-refractivity contribution in [1.29, 1.82) is 0 Å². The molecule has 1 rings (SSSR count). The van der Waals surface area contributed by atoms with Crippen LogP contribution < -0.4 is 43.8 Å². The van der Waals surface area contributed by atoms with E-state index in [0.29, 0.717) is 38.0 Å². The van der Waals surface area contributed by atoms with Crippen LogP contribution in [0.3, 0.4) is 0 Å². The molecule has 15 heteroatoms. The van der Waals surface area contributed by atoms with Crippen molar-refractivity contribution in [2.45, 2.75) is 103 Å². The number of amides is 6. The van der Waals surface area contributed by atoms with E-state index in [2.05, 4.69) is 26.6 Å². The lowest BCUT2D eigenvalue weighted by Gasteiger charge is -2.27. The highest BCUT2D eigenvalue weighted by atomic mass is 32.2. The van der Waals surface area contributed by atoms with Crippen LogP contribution in [0.25, 0.3) is 0 Å². The fourth-order valence-electron chi connectivity index (χ4n) is 4.95. The number of unbranched alkanes of at least 4 members (excludes halogenated alkanes) is 1. The Morgan fingerprint density at radius 1 is 0.796 bits per heavy atom. The van der Waals surface area contributed by atoms with Crippen molar-refractivity contribution in [3.05, 3.63) is 35.9 Å². The molecule has 0 fully saturated rings. The second-order valence-electron chi connectivity index (χ2n) is 12.7. The van der Waals surface area contributed by atoms with Gasteiger partial charge in [-0.3, -0.25) is 28.8 Å². The average molecular weight is 707 g/mol. The fraction of sp³-hybridized carbons (Fsp3) is 0.647. The maximum Gasteiger partial charge on any atom is 0.243 e. The molecule has 276 valence electrons. The van der Waals surface area contributed by atoms with Gasteiger partial charge in [0.1, 0.15) is 24.2 Å². The molecule has 0 saturated carbocycles. The SMILES string of the molecule is CC[C@H](C)C(NC(=O)C(Cc1ccccc1)NC(=O)C(N)CCCCN)C(=O)NCC(=O)NC(CC(C)C)C(=O)NC(CCSC)C(N)=O. The predicted octanol–water partition coefficient (Wildman–Crippen LogP) is 0.0714. The van der Waals surface area contributed by atoms with Gasteiger partial charge in [-0.15, -0.1) is 0 Å². The highest BCUT2D eigenvalue weighted by Crippen LogP contribution is 2.11. The highest BCUT2D eigenvalue weighted by Gasteiger charge is 2.32. The Morgan fingerprint density at radius 2 is 1.43 bits per heavy atom. The van der Waals surface area contributed by atoms with Gasteiger partial charge in [0.05, 0.1) is 12.6 Å². The Labute approximate surface area is 295 Å². The summed E-state index contributed by atoms with van der Waals surface area (Å²) in [7, 11) is 0. The zero-order chi connectivity index (χ0) is 36.9. The van der Waals surface area contributed by atoms with Gasteiger partial charge in [0.15, 0.2) is 0 Å². The van der Waals surface area contributed by atoms with Crippen LogP contribution in [0.4, 0.5) is 0 Å². The normalized spacial score (nSPS) is 14.8. The molecule has 1 aromatic rings. The van der Waals surface area contributed by atoms with Crippen LogP contribution in [0.2, 0.25) is 0 Å². The Bertz CT molecular complexity index is 1200. The van der Waals surface area contributed by atoms with Crippen LogP contribution >= 0.6 is 11.8 Å². The van der Waals surface area contributed by atoms with Crippen LogP contribution in [0.15, 0.2) is 30.3 Å². The molecule has 6 atom stereocenters. The molecule has 0 heterocycles. The molecular weight excluding hydrogens is 648 g/mol. The first kappa shape index (κ1) is 43.3. The Hall–Kier alpha value is -3.69. The number of hydrogen-bond acceptors (Lipinski definition) is 9. The summed E-state index contributed by atoms with van der Waals surface area (Å²) in [5.41, 5.74) is 17.9. The third kappa shape index (κ3) is 17.0. The van der Waals surface area contributed by atoms with E-state index in [1.165, 1.54) is 11.8 Å². The molecule has 6 amide bonds. The maximum atomic E-state index is 13.6. The number of nitrogens with one attached hydrogen (secondary N) is 5. The molecule has 11 N–H and O–H groups in total. The molecule has 1 aromatic carbocycles. The Kier molecular flexibility index (Phi) is 20.9. The minimum absolute atomic E-state index is 0.0266. The quantitative estimate of drug-likeness (QED) is 0.0678. The van der Waals surface area contributed by atoms with Gasteiger partial charge >= 0.3 is 0 Å². The zero-order valence-corrected chi connectivity index (χ0v) is 30.4. The van der Waals surface area contributed by atoms with Crippen molar-refractivity contribution in [1.82, 2.24) is 26.6 Å². The molecule has 49 heavy (non-hydrogen) atoms. The van der Waals surface area contributed by atoms with E-state index in [1.807, 2.05) is 57.4 Å². The monoisotopic (exact) mass is 706 g/mol. The third-order valence-electron chi connectivity index (χ3n) is 8.07. The summed E-state index contributed by atoms with van der Waals surface area (Å²) in [6.07, 6.45) is 5.00. The number of rotatable bonds is 24. The topological polar surface area (TPSA) is 241 Å². The molecular formula is C34H58N8O6S. The summed E-state index contributed by atoms with van der Waals surface area (Å²) >= 11 is 1.51. The maximum absolute atomic E-state index is 13.6. The molecule has 5 unspecified atom stereocenters. The molecule has 0 aliphatic carbocycles. The molecule has 0 spiro atoms. The molecule has 0 saturated heterocycles. The first-order valence-corrected chi connectivity index (χ1v) is 18.4. The first-order chi connectivity index (χ1) is 23.2. The average Bonchev–Trinajstić information content (AvgIpc) is 3.06. The number of hydrogen-bond donors (Lipinski definition) is 8. The van der Waals surface area contributed by atoms with Crippen LogP contribution in [0.1, 0.15) is 71.8 Å². The molecule has 14 nitrogen and oxygen atoms in total. The smallest absolute Gasteiger partial charge is 0.243 e. The van der Waals surface area contributed by atoms with Crippen LogP contribution in [-0.4, -0.2) is 90.8 Å². The van der Waals surface area contributed by atoms with Crippen molar-refractivity contribution in [2.24, 2.45) is 29.0 Å². The highest BCUT2D eigenvalue weighted by molar-refractivity contribution is 7.98. The number of carbonyl (C=O) groups excluding carboxylic acids is 6. The van der Waals surface area contributed by atoms with Gasteiger partial charge < -0.3 is 43.8 Å². The Morgan fingerprint density at radius 3 is 2.00 bits per heavy atom. The molecule has 0 radical (unpaired) electrons. The number of carbonyl (C=O) groups is 6. The third-order valence-corrected chi connectivity index (χ3v) is 8.71. The van der Waals surface area contributed by atoms with Crippen molar-refractivity contribution < 1.29 is 28.8 Å². The van der Waals surface area contributed by atoms with Crippen LogP contribution in [0.5, 0.6) is 0 Å². The second-order valence-corrected chi connectivity index (χ2v) is 13.7.